The zero-order chi connectivity index (χ0) is 21.5. The number of rotatable bonds is 5. The van der Waals surface area contributed by atoms with Crippen LogP contribution in [0.2, 0.25) is 0 Å². The van der Waals surface area contributed by atoms with Gasteiger partial charge >= 0.3 is 11.9 Å². The first-order valence-corrected chi connectivity index (χ1v) is 12.5. The molecule has 0 aromatic rings. The van der Waals surface area contributed by atoms with Gasteiger partial charge in [0, 0.05) is 18.3 Å². The zero-order valence-corrected chi connectivity index (χ0v) is 19.4. The average molecular weight is 417 g/mol. The second kappa shape index (κ2) is 8.31. The Morgan fingerprint density at radius 1 is 1.00 bits per heavy atom. The second-order valence-corrected chi connectivity index (χ2v) is 10.6. The number of carbonyl (C=O) groups excluding carboxylic acids is 2. The smallest absolute Gasteiger partial charge is 0.310 e. The topological polar surface area (TPSA) is 52.6 Å². The van der Waals surface area contributed by atoms with Crippen LogP contribution >= 0.6 is 0 Å². The summed E-state index contributed by atoms with van der Waals surface area (Å²) >= 11 is 0. The summed E-state index contributed by atoms with van der Waals surface area (Å²) in [5, 5.41) is 0. The molecule has 0 amide bonds. The molecule has 4 aliphatic rings. The van der Waals surface area contributed by atoms with Crippen LogP contribution in [0.4, 0.5) is 0 Å². The zero-order valence-electron chi connectivity index (χ0n) is 19.4. The third kappa shape index (κ3) is 3.42. The molecule has 0 heterocycles. The number of fused-ring (bicyclic) bond motifs is 5. The Bertz CT molecular complexity index is 712. The Morgan fingerprint density at radius 3 is 2.47 bits per heavy atom. The molecular formula is C26H40O4. The third-order valence-electron chi connectivity index (χ3n) is 9.60. The van der Waals surface area contributed by atoms with Gasteiger partial charge in [-0.1, -0.05) is 27.7 Å². The molecule has 4 rings (SSSR count). The van der Waals surface area contributed by atoms with Crippen molar-refractivity contribution in [3.05, 3.63) is 11.8 Å². The Morgan fingerprint density at radius 2 is 1.77 bits per heavy atom. The largest absolute Gasteiger partial charge is 0.462 e. The minimum absolute atomic E-state index is 0.0473. The van der Waals surface area contributed by atoms with Gasteiger partial charge in [-0.2, -0.15) is 0 Å². The van der Waals surface area contributed by atoms with Gasteiger partial charge in [-0.05, 0) is 93.0 Å². The molecule has 3 fully saturated rings. The Hall–Kier alpha value is -1.32. The highest BCUT2D eigenvalue weighted by atomic mass is 16.5. The van der Waals surface area contributed by atoms with Crippen molar-refractivity contribution in [1.29, 1.82) is 0 Å². The summed E-state index contributed by atoms with van der Waals surface area (Å²) in [7, 11) is 0. The molecule has 7 atom stereocenters. The van der Waals surface area contributed by atoms with Gasteiger partial charge in [0.15, 0.2) is 0 Å². The molecule has 0 N–H and O–H groups in total. The molecule has 0 radical (unpaired) electrons. The summed E-state index contributed by atoms with van der Waals surface area (Å²) in [6, 6.07) is 0. The van der Waals surface area contributed by atoms with Crippen LogP contribution in [-0.2, 0) is 19.1 Å². The molecule has 4 heteroatoms. The van der Waals surface area contributed by atoms with Gasteiger partial charge in [-0.15, -0.1) is 0 Å². The first kappa shape index (κ1) is 21.9. The molecule has 0 aromatic heterocycles. The van der Waals surface area contributed by atoms with Crippen LogP contribution in [0.25, 0.3) is 0 Å². The van der Waals surface area contributed by atoms with E-state index in [9.17, 15) is 9.59 Å². The molecule has 168 valence electrons. The van der Waals surface area contributed by atoms with Crippen molar-refractivity contribution < 1.29 is 19.1 Å². The van der Waals surface area contributed by atoms with E-state index < -0.39 is 0 Å². The maximum absolute atomic E-state index is 12.1. The quantitative estimate of drug-likeness (QED) is 0.502. The number of hydrogen-bond acceptors (Lipinski definition) is 4. The highest BCUT2D eigenvalue weighted by molar-refractivity contribution is 5.70. The van der Waals surface area contributed by atoms with E-state index in [1.807, 2.05) is 13.8 Å². The van der Waals surface area contributed by atoms with Gasteiger partial charge in [-0.3, -0.25) is 9.59 Å². The first-order chi connectivity index (χ1) is 14.4. The van der Waals surface area contributed by atoms with Crippen molar-refractivity contribution in [3.8, 4) is 0 Å². The Balaban J connectivity index is 1.50. The first-order valence-electron chi connectivity index (χ1n) is 12.5. The minimum Gasteiger partial charge on any atom is -0.462 e. The van der Waals surface area contributed by atoms with Gasteiger partial charge < -0.3 is 9.47 Å². The van der Waals surface area contributed by atoms with Crippen LogP contribution in [0, 0.1) is 34.5 Å². The standard InChI is InChI=1S/C26H40O4/c1-5-23(27)29-18-12-14-25(4)17(16-18)8-9-19-20(25)13-15-26(7-3)21(19)10-11-22(26)30-24(28)6-2/h11,17-21H,5-10,12-16H2,1-4H3/t17?,18?,19-,20+,21+,25+,26+/m1/s1. The molecule has 0 bridgehead atoms. The predicted molar refractivity (Wildman–Crippen MR) is 116 cm³/mol. The fraction of sp³-hybridized carbons (Fsp3) is 0.846. The monoisotopic (exact) mass is 416 g/mol. The highest BCUT2D eigenvalue weighted by Crippen LogP contribution is 2.67. The van der Waals surface area contributed by atoms with E-state index in [0.29, 0.717) is 30.1 Å². The highest BCUT2D eigenvalue weighted by Gasteiger charge is 2.60. The maximum atomic E-state index is 12.1. The fourth-order valence-electron chi connectivity index (χ4n) is 7.90. The van der Waals surface area contributed by atoms with E-state index in [1.54, 1.807) is 0 Å². The van der Waals surface area contributed by atoms with Crippen LogP contribution in [0.3, 0.4) is 0 Å². The van der Waals surface area contributed by atoms with E-state index in [-0.39, 0.29) is 23.5 Å². The van der Waals surface area contributed by atoms with Gasteiger partial charge in [0.2, 0.25) is 0 Å². The molecule has 4 nitrogen and oxygen atoms in total. The number of allylic oxidation sites excluding steroid dienone is 2. The second-order valence-electron chi connectivity index (χ2n) is 10.6. The van der Waals surface area contributed by atoms with Gasteiger partial charge in [0.1, 0.15) is 11.9 Å². The molecule has 0 saturated heterocycles. The molecule has 30 heavy (non-hydrogen) atoms. The summed E-state index contributed by atoms with van der Waals surface area (Å²) in [5.74, 6) is 3.61. The Kier molecular flexibility index (Phi) is 6.07. The lowest BCUT2D eigenvalue weighted by Crippen LogP contribution is -2.54. The van der Waals surface area contributed by atoms with Crippen molar-refractivity contribution in [2.24, 2.45) is 34.5 Å². The van der Waals surface area contributed by atoms with Crippen molar-refractivity contribution >= 4 is 11.9 Å². The van der Waals surface area contributed by atoms with Crippen LogP contribution in [-0.4, -0.2) is 18.0 Å². The van der Waals surface area contributed by atoms with Crippen molar-refractivity contribution in [2.45, 2.75) is 104 Å². The van der Waals surface area contributed by atoms with Crippen molar-refractivity contribution in [2.75, 3.05) is 0 Å². The van der Waals surface area contributed by atoms with E-state index in [4.69, 9.17) is 9.47 Å². The molecule has 0 aliphatic heterocycles. The van der Waals surface area contributed by atoms with Crippen molar-refractivity contribution in [1.82, 2.24) is 0 Å². The molecule has 4 aliphatic carbocycles. The van der Waals surface area contributed by atoms with Gasteiger partial charge in [0.25, 0.3) is 0 Å². The van der Waals surface area contributed by atoms with E-state index in [0.717, 1.165) is 49.7 Å². The number of carbonyl (C=O) groups is 2. The minimum atomic E-state index is -0.0903. The fourth-order valence-corrected chi connectivity index (χ4v) is 7.90. The average Bonchev–Trinajstić information content (AvgIpc) is 3.12. The molecule has 0 spiro atoms. The maximum Gasteiger partial charge on any atom is 0.310 e. The summed E-state index contributed by atoms with van der Waals surface area (Å²) in [4.78, 5) is 23.9. The summed E-state index contributed by atoms with van der Waals surface area (Å²) in [6.45, 7) is 8.57. The number of hydrogen-bond donors (Lipinski definition) is 0. The van der Waals surface area contributed by atoms with Crippen LogP contribution < -0.4 is 0 Å². The lowest BCUT2D eigenvalue weighted by molar-refractivity contribution is -0.162. The van der Waals surface area contributed by atoms with Crippen LogP contribution in [0.15, 0.2) is 11.8 Å². The Labute approximate surface area is 182 Å². The van der Waals surface area contributed by atoms with Crippen LogP contribution in [0.1, 0.15) is 98.3 Å². The van der Waals surface area contributed by atoms with Crippen LogP contribution in [0.5, 0.6) is 0 Å². The van der Waals surface area contributed by atoms with E-state index in [1.165, 1.54) is 25.7 Å². The summed E-state index contributed by atoms with van der Waals surface area (Å²) < 4.78 is 11.6. The lowest BCUT2D eigenvalue weighted by Gasteiger charge is -2.61. The van der Waals surface area contributed by atoms with E-state index >= 15 is 0 Å². The van der Waals surface area contributed by atoms with Gasteiger partial charge in [-0.25, -0.2) is 0 Å². The normalized spacial score (nSPS) is 42.4. The molecule has 0 aromatic carbocycles. The van der Waals surface area contributed by atoms with Gasteiger partial charge in [0.05, 0.1) is 0 Å². The lowest BCUT2D eigenvalue weighted by atomic mass is 9.44. The SMILES string of the molecule is CCC(=O)OC1=CC[C@H]2[C@@H]3CCC4CC(OC(=O)CC)CC[C@]4(C)[C@H]3CC[C@]12CC. The van der Waals surface area contributed by atoms with E-state index in [2.05, 4.69) is 19.9 Å². The summed E-state index contributed by atoms with van der Waals surface area (Å²) in [5.41, 5.74) is 0.434. The number of esters is 2. The number of ether oxygens (including phenoxy) is 2. The molecular weight excluding hydrogens is 376 g/mol. The molecule has 2 unspecified atom stereocenters. The van der Waals surface area contributed by atoms with Crippen molar-refractivity contribution in [3.63, 3.8) is 0 Å². The molecule has 3 saturated carbocycles. The summed E-state index contributed by atoms with van der Waals surface area (Å²) in [6.07, 6.45) is 13.6. The predicted octanol–water partition coefficient (Wildman–Crippen LogP) is 6.19. The third-order valence-corrected chi connectivity index (χ3v) is 9.60.